The molecule has 108 valence electrons. The van der Waals surface area contributed by atoms with Gasteiger partial charge in [-0.25, -0.2) is 19.3 Å². The number of pyridine rings is 1. The summed E-state index contributed by atoms with van der Waals surface area (Å²) >= 11 is 0. The van der Waals surface area contributed by atoms with Gasteiger partial charge < -0.3 is 10.4 Å². The molecule has 0 aliphatic rings. The summed E-state index contributed by atoms with van der Waals surface area (Å²) in [7, 11) is 0. The van der Waals surface area contributed by atoms with Crippen molar-refractivity contribution in [3.05, 3.63) is 47.5 Å². The van der Waals surface area contributed by atoms with Crippen molar-refractivity contribution in [3.63, 3.8) is 0 Å². The van der Waals surface area contributed by atoms with E-state index >= 15 is 0 Å². The number of carboxylic acid groups (broad SMARTS) is 1. The predicted octanol–water partition coefficient (Wildman–Crippen LogP) is 1.75. The normalized spacial score (nSPS) is 10.4. The lowest BCUT2D eigenvalue weighted by atomic mass is 10.3. The van der Waals surface area contributed by atoms with Crippen molar-refractivity contribution >= 4 is 23.1 Å². The van der Waals surface area contributed by atoms with E-state index in [1.54, 1.807) is 19.1 Å². The Kier molecular flexibility index (Phi) is 3.16. The molecule has 0 spiro atoms. The van der Waals surface area contributed by atoms with E-state index in [2.05, 4.69) is 20.4 Å². The molecule has 0 aromatic carbocycles. The lowest BCUT2D eigenvalue weighted by Gasteiger charge is -2.08. The molecule has 0 fully saturated rings. The van der Waals surface area contributed by atoms with Gasteiger partial charge in [0, 0.05) is 6.20 Å². The van der Waals surface area contributed by atoms with Gasteiger partial charge in [0.1, 0.15) is 11.9 Å². The Bertz CT molecular complexity index is 907. The van der Waals surface area contributed by atoms with Crippen LogP contribution in [0.1, 0.15) is 21.7 Å². The second-order valence-electron chi connectivity index (χ2n) is 4.55. The van der Waals surface area contributed by atoms with Gasteiger partial charge in [0.2, 0.25) is 0 Å². The first-order valence-corrected chi connectivity index (χ1v) is 6.30. The minimum absolute atomic E-state index is 0.106. The molecule has 2 N–H and O–H groups in total. The van der Waals surface area contributed by atoms with Crippen molar-refractivity contribution in [2.75, 3.05) is 5.32 Å². The van der Waals surface area contributed by atoms with Crippen LogP contribution in [0.4, 0.5) is 11.5 Å². The molecule has 22 heavy (non-hydrogen) atoms. The average Bonchev–Trinajstić information content (AvgIpc) is 2.90. The maximum absolute atomic E-state index is 10.8. The van der Waals surface area contributed by atoms with E-state index in [1.807, 2.05) is 6.07 Å². The number of fused-ring (bicyclic) bond motifs is 1. The number of carboxylic acids is 1. The number of rotatable bonds is 3. The number of aryl methyl sites for hydroxylation is 1. The Morgan fingerprint density at radius 3 is 2.82 bits per heavy atom. The number of hydrogen-bond acceptors (Lipinski definition) is 6. The van der Waals surface area contributed by atoms with E-state index in [1.165, 1.54) is 23.0 Å². The van der Waals surface area contributed by atoms with Gasteiger partial charge in [0.25, 0.3) is 0 Å². The van der Waals surface area contributed by atoms with E-state index in [-0.39, 0.29) is 5.56 Å². The predicted molar refractivity (Wildman–Crippen MR) is 76.9 cm³/mol. The van der Waals surface area contributed by atoms with Crippen LogP contribution in [0.3, 0.4) is 0 Å². The summed E-state index contributed by atoms with van der Waals surface area (Å²) in [5.74, 6) is -0.563. The number of anilines is 2. The van der Waals surface area contributed by atoms with Gasteiger partial charge in [-0.05, 0) is 25.1 Å². The molecule has 0 amide bonds. The Labute approximate surface area is 124 Å². The highest BCUT2D eigenvalue weighted by atomic mass is 16.4. The first kappa shape index (κ1) is 13.5. The molecule has 0 aliphatic heterocycles. The summed E-state index contributed by atoms with van der Waals surface area (Å²) in [6.07, 6.45) is 2.70. The first-order chi connectivity index (χ1) is 10.6. The van der Waals surface area contributed by atoms with E-state index < -0.39 is 5.97 Å². The Morgan fingerprint density at radius 1 is 1.36 bits per heavy atom. The smallest absolute Gasteiger partial charge is 0.337 e. The molecule has 0 radical (unpaired) electrons. The van der Waals surface area contributed by atoms with Crippen LogP contribution >= 0.6 is 0 Å². The molecule has 0 saturated carbocycles. The summed E-state index contributed by atoms with van der Waals surface area (Å²) in [4.78, 5) is 19.0. The number of aromatic carboxylic acids is 1. The number of aromatic nitrogens is 4. The minimum Gasteiger partial charge on any atom is -0.478 e. The number of carbonyl (C=O) groups is 1. The van der Waals surface area contributed by atoms with Gasteiger partial charge in [0.05, 0.1) is 23.1 Å². The average molecular weight is 294 g/mol. The van der Waals surface area contributed by atoms with E-state index in [0.29, 0.717) is 28.5 Å². The van der Waals surface area contributed by atoms with Crippen molar-refractivity contribution in [2.45, 2.75) is 6.92 Å². The Hall–Kier alpha value is -3.47. The zero-order valence-electron chi connectivity index (χ0n) is 11.5. The van der Waals surface area contributed by atoms with E-state index in [9.17, 15) is 4.79 Å². The maximum Gasteiger partial charge on any atom is 0.337 e. The number of nitriles is 1. The fourth-order valence-electron chi connectivity index (χ4n) is 1.99. The molecule has 3 aromatic rings. The highest BCUT2D eigenvalue weighted by Gasteiger charge is 2.11. The molecule has 0 saturated heterocycles. The molecule has 8 nitrogen and oxygen atoms in total. The van der Waals surface area contributed by atoms with Gasteiger partial charge in [-0.1, -0.05) is 0 Å². The largest absolute Gasteiger partial charge is 0.478 e. The molecule has 0 atom stereocenters. The van der Waals surface area contributed by atoms with Gasteiger partial charge in [-0.3, -0.25) is 0 Å². The third-order valence-corrected chi connectivity index (χ3v) is 2.98. The Balaban J connectivity index is 2.02. The van der Waals surface area contributed by atoms with Crippen molar-refractivity contribution in [2.24, 2.45) is 0 Å². The van der Waals surface area contributed by atoms with Crippen molar-refractivity contribution in [1.82, 2.24) is 19.6 Å². The molecule has 3 rings (SSSR count). The monoisotopic (exact) mass is 294 g/mol. The van der Waals surface area contributed by atoms with Gasteiger partial charge >= 0.3 is 5.97 Å². The van der Waals surface area contributed by atoms with Crippen LogP contribution in [-0.2, 0) is 0 Å². The van der Waals surface area contributed by atoms with Crippen LogP contribution in [0.25, 0.3) is 5.65 Å². The lowest BCUT2D eigenvalue weighted by molar-refractivity contribution is 0.0696. The molecule has 8 heteroatoms. The molecular formula is C14H10N6O2. The summed E-state index contributed by atoms with van der Waals surface area (Å²) in [6.45, 7) is 1.80. The molecule has 0 unspecified atom stereocenters. The second kappa shape index (κ2) is 5.14. The van der Waals surface area contributed by atoms with Crippen molar-refractivity contribution in [3.8, 4) is 6.07 Å². The van der Waals surface area contributed by atoms with Crippen LogP contribution in [0, 0.1) is 18.3 Å². The van der Waals surface area contributed by atoms with Crippen LogP contribution in [0.5, 0.6) is 0 Å². The van der Waals surface area contributed by atoms with E-state index in [4.69, 9.17) is 10.4 Å². The second-order valence-corrected chi connectivity index (χ2v) is 4.55. The molecule has 3 heterocycles. The fourth-order valence-corrected chi connectivity index (χ4v) is 1.99. The zero-order chi connectivity index (χ0) is 15.7. The first-order valence-electron chi connectivity index (χ1n) is 6.30. The van der Waals surface area contributed by atoms with Crippen molar-refractivity contribution < 1.29 is 9.90 Å². The standard InChI is InChI=1S/C14H10N6O2/c1-8-4-11(13-17-7-10(5-15)20(13)19-8)18-12-3-2-9(6-16-12)14(21)22/h2-4,6-7H,1H3,(H,16,18)(H,21,22). The molecular weight excluding hydrogens is 284 g/mol. The maximum atomic E-state index is 10.8. The highest BCUT2D eigenvalue weighted by Crippen LogP contribution is 2.21. The quantitative estimate of drug-likeness (QED) is 0.755. The number of nitrogens with one attached hydrogen (secondary N) is 1. The van der Waals surface area contributed by atoms with Gasteiger partial charge in [0.15, 0.2) is 11.3 Å². The fraction of sp³-hybridized carbons (Fsp3) is 0.0714. The summed E-state index contributed by atoms with van der Waals surface area (Å²) in [5.41, 5.74) is 2.26. The number of imidazole rings is 1. The number of hydrogen-bond donors (Lipinski definition) is 2. The topological polar surface area (TPSA) is 116 Å². The highest BCUT2D eigenvalue weighted by molar-refractivity contribution is 5.87. The van der Waals surface area contributed by atoms with Crippen molar-refractivity contribution in [1.29, 1.82) is 5.26 Å². The molecule has 0 bridgehead atoms. The van der Waals surface area contributed by atoms with Crippen LogP contribution < -0.4 is 5.32 Å². The number of nitrogens with zero attached hydrogens (tertiary/aromatic N) is 5. The molecule has 0 aliphatic carbocycles. The van der Waals surface area contributed by atoms with Gasteiger partial charge in [-0.15, -0.1) is 0 Å². The Morgan fingerprint density at radius 2 is 2.18 bits per heavy atom. The van der Waals surface area contributed by atoms with Crippen LogP contribution in [-0.4, -0.2) is 30.7 Å². The lowest BCUT2D eigenvalue weighted by Crippen LogP contribution is -2.03. The van der Waals surface area contributed by atoms with Gasteiger partial charge in [-0.2, -0.15) is 10.4 Å². The SMILES string of the molecule is Cc1cc(Nc2ccc(C(=O)O)cn2)c2ncc(C#N)n2n1. The summed E-state index contributed by atoms with van der Waals surface area (Å²) in [5, 5.41) is 25.2. The molecule has 3 aromatic heterocycles. The van der Waals surface area contributed by atoms with E-state index in [0.717, 1.165) is 0 Å². The van der Waals surface area contributed by atoms with Crippen LogP contribution in [0.15, 0.2) is 30.6 Å². The summed E-state index contributed by atoms with van der Waals surface area (Å²) < 4.78 is 1.45. The zero-order valence-corrected chi connectivity index (χ0v) is 11.5. The summed E-state index contributed by atoms with van der Waals surface area (Å²) in [6, 6.07) is 6.80. The third-order valence-electron chi connectivity index (χ3n) is 2.98. The minimum atomic E-state index is -1.03. The third kappa shape index (κ3) is 2.31. The van der Waals surface area contributed by atoms with Crippen LogP contribution in [0.2, 0.25) is 0 Å².